The maximum Gasteiger partial charge on any atom is 0.257 e. The van der Waals surface area contributed by atoms with E-state index in [1.807, 2.05) is 4.90 Å². The first kappa shape index (κ1) is 18.3. The van der Waals surface area contributed by atoms with Gasteiger partial charge in [-0.15, -0.1) is 0 Å². The number of nitrogens with zero attached hydrogens (tertiary/aromatic N) is 1. The molecule has 7 heteroatoms. The first-order valence-electron chi connectivity index (χ1n) is 7.49. The summed E-state index contributed by atoms with van der Waals surface area (Å²) in [4.78, 5) is 25.5. The molecule has 23 heavy (non-hydrogen) atoms. The molecule has 1 aliphatic rings. The van der Waals surface area contributed by atoms with Crippen molar-refractivity contribution < 1.29 is 14.3 Å². The van der Waals surface area contributed by atoms with Crippen LogP contribution in [0.15, 0.2) is 12.1 Å². The molecule has 1 fully saturated rings. The zero-order valence-corrected chi connectivity index (χ0v) is 16.1. The van der Waals surface area contributed by atoms with Crippen molar-refractivity contribution in [3.63, 3.8) is 0 Å². The van der Waals surface area contributed by atoms with Crippen LogP contribution in [-0.4, -0.2) is 43.5 Å². The minimum atomic E-state index is -0.0573. The average molecular weight is 451 g/mol. The zero-order chi connectivity index (χ0) is 17.0. The van der Waals surface area contributed by atoms with Gasteiger partial charge in [0, 0.05) is 30.1 Å². The molecule has 1 aromatic carbocycles. The molecule has 0 atom stereocenters. The topological polar surface area (TPSA) is 58.6 Å². The normalized spacial score (nSPS) is 15.4. The van der Waals surface area contributed by atoms with Gasteiger partial charge in [-0.25, -0.2) is 0 Å². The second-order valence-electron chi connectivity index (χ2n) is 5.64. The van der Waals surface area contributed by atoms with Crippen LogP contribution in [0.2, 0.25) is 5.02 Å². The van der Waals surface area contributed by atoms with Gasteiger partial charge in [-0.3, -0.25) is 9.59 Å². The fraction of sp³-hybridized carbons (Fsp3) is 0.500. The molecule has 0 aliphatic carbocycles. The number of amides is 2. The molecule has 0 radical (unpaired) electrons. The number of likely N-dealkylation sites (tertiary alicyclic amines) is 1. The van der Waals surface area contributed by atoms with Crippen molar-refractivity contribution in [1.82, 2.24) is 10.2 Å². The molecule has 1 heterocycles. The van der Waals surface area contributed by atoms with Gasteiger partial charge in [0.2, 0.25) is 5.91 Å². The van der Waals surface area contributed by atoms with Gasteiger partial charge in [0.25, 0.3) is 5.91 Å². The fourth-order valence-electron chi connectivity index (χ4n) is 2.66. The summed E-state index contributed by atoms with van der Waals surface area (Å²) in [6, 6.07) is 3.45. The van der Waals surface area contributed by atoms with E-state index in [1.54, 1.807) is 19.2 Å². The third kappa shape index (κ3) is 4.73. The van der Waals surface area contributed by atoms with Crippen LogP contribution in [0.3, 0.4) is 0 Å². The Bertz CT molecular complexity index is 601. The predicted octanol–water partition coefficient (Wildman–Crippen LogP) is 2.94. The van der Waals surface area contributed by atoms with E-state index in [2.05, 4.69) is 27.9 Å². The van der Waals surface area contributed by atoms with Gasteiger partial charge in [-0.1, -0.05) is 11.6 Å². The Kier molecular flexibility index (Phi) is 6.52. The molecule has 1 aromatic rings. The number of carbonyl (C=O) groups excluding carboxylic acids is 2. The summed E-state index contributed by atoms with van der Waals surface area (Å²) in [5.74, 6) is 0.897. The Hall–Kier alpha value is -1.02. The maximum absolute atomic E-state index is 12.7. The lowest BCUT2D eigenvalue weighted by Gasteiger charge is -2.32. The summed E-state index contributed by atoms with van der Waals surface area (Å²) in [6.07, 6.45) is 1.76. The molecule has 0 saturated carbocycles. The number of benzene rings is 1. The van der Waals surface area contributed by atoms with E-state index in [0.717, 1.165) is 16.4 Å². The summed E-state index contributed by atoms with van der Waals surface area (Å²) >= 11 is 8.26. The van der Waals surface area contributed by atoms with Crippen LogP contribution in [0.4, 0.5) is 0 Å². The number of hydrogen-bond acceptors (Lipinski definition) is 3. The van der Waals surface area contributed by atoms with Crippen LogP contribution in [0.1, 0.15) is 30.1 Å². The number of halogens is 2. The van der Waals surface area contributed by atoms with Gasteiger partial charge < -0.3 is 15.0 Å². The molecular weight excluding hydrogens is 431 g/mol. The Labute approximate surface area is 154 Å². The third-order valence-corrected chi connectivity index (χ3v) is 5.54. The monoisotopic (exact) mass is 450 g/mol. The minimum Gasteiger partial charge on any atom is -0.496 e. The highest BCUT2D eigenvalue weighted by Crippen LogP contribution is 2.30. The van der Waals surface area contributed by atoms with E-state index in [-0.39, 0.29) is 11.8 Å². The number of methoxy groups -OCH3 is 1. The highest BCUT2D eigenvalue weighted by molar-refractivity contribution is 14.1. The summed E-state index contributed by atoms with van der Waals surface area (Å²) < 4.78 is 6.17. The largest absolute Gasteiger partial charge is 0.496 e. The molecule has 2 rings (SSSR count). The predicted molar refractivity (Wildman–Crippen MR) is 98.0 cm³/mol. The highest BCUT2D eigenvalue weighted by atomic mass is 127. The summed E-state index contributed by atoms with van der Waals surface area (Å²) in [5, 5.41) is 3.39. The van der Waals surface area contributed by atoms with Crippen LogP contribution in [-0.2, 0) is 4.79 Å². The van der Waals surface area contributed by atoms with E-state index in [1.165, 1.54) is 6.92 Å². The number of hydrogen-bond donors (Lipinski definition) is 1. The molecule has 0 spiro atoms. The third-order valence-electron chi connectivity index (χ3n) is 4.01. The van der Waals surface area contributed by atoms with Crippen molar-refractivity contribution in [1.29, 1.82) is 0 Å². The van der Waals surface area contributed by atoms with Gasteiger partial charge in [-0.05, 0) is 53.5 Å². The number of rotatable bonds is 4. The van der Waals surface area contributed by atoms with Gasteiger partial charge in [0.15, 0.2) is 0 Å². The average Bonchev–Trinajstić information content (AvgIpc) is 2.54. The molecule has 5 nitrogen and oxygen atoms in total. The maximum atomic E-state index is 12.7. The first-order valence-corrected chi connectivity index (χ1v) is 8.94. The van der Waals surface area contributed by atoms with Crippen molar-refractivity contribution >= 4 is 46.0 Å². The summed E-state index contributed by atoms with van der Waals surface area (Å²) in [6.45, 7) is 3.55. The van der Waals surface area contributed by atoms with Crippen molar-refractivity contribution in [3.05, 3.63) is 26.3 Å². The smallest absolute Gasteiger partial charge is 0.257 e. The molecule has 1 N–H and O–H groups in total. The van der Waals surface area contributed by atoms with Crippen LogP contribution in [0.5, 0.6) is 5.75 Å². The van der Waals surface area contributed by atoms with E-state index < -0.39 is 0 Å². The molecule has 0 aromatic heterocycles. The Morgan fingerprint density at radius 3 is 2.61 bits per heavy atom. The summed E-state index contributed by atoms with van der Waals surface area (Å²) in [5.41, 5.74) is 0.498. The van der Waals surface area contributed by atoms with Gasteiger partial charge in [-0.2, -0.15) is 0 Å². The Balaban J connectivity index is 2.02. The van der Waals surface area contributed by atoms with Crippen molar-refractivity contribution in [3.8, 4) is 5.75 Å². The molecule has 2 amide bonds. The van der Waals surface area contributed by atoms with E-state index in [4.69, 9.17) is 16.3 Å². The van der Waals surface area contributed by atoms with Crippen LogP contribution >= 0.6 is 34.2 Å². The quantitative estimate of drug-likeness (QED) is 0.718. The van der Waals surface area contributed by atoms with E-state index in [9.17, 15) is 9.59 Å². The SMILES string of the molecule is COc1cc(I)c(Cl)cc1C(=O)N1CCC(CNC(C)=O)CC1. The standard InChI is InChI=1S/C16H20ClIN2O3/c1-10(21)19-9-11-3-5-20(6-4-11)16(22)12-7-13(17)14(18)8-15(12)23-2/h7-8,11H,3-6,9H2,1-2H3,(H,19,21). The molecule has 1 saturated heterocycles. The van der Waals surface area contributed by atoms with Crippen LogP contribution < -0.4 is 10.1 Å². The van der Waals surface area contributed by atoms with E-state index >= 15 is 0 Å². The van der Waals surface area contributed by atoms with Crippen molar-refractivity contribution in [2.24, 2.45) is 5.92 Å². The van der Waals surface area contributed by atoms with E-state index in [0.29, 0.717) is 41.9 Å². The van der Waals surface area contributed by atoms with Crippen molar-refractivity contribution in [2.45, 2.75) is 19.8 Å². The second kappa shape index (κ2) is 8.19. The fourth-order valence-corrected chi connectivity index (χ4v) is 3.27. The number of piperidine rings is 1. The molecular formula is C16H20ClIN2O3. The molecule has 1 aliphatic heterocycles. The Morgan fingerprint density at radius 2 is 2.04 bits per heavy atom. The number of ether oxygens (including phenoxy) is 1. The first-order chi connectivity index (χ1) is 10.9. The number of carbonyl (C=O) groups is 2. The lowest BCUT2D eigenvalue weighted by molar-refractivity contribution is -0.119. The van der Waals surface area contributed by atoms with Crippen molar-refractivity contribution in [2.75, 3.05) is 26.7 Å². The lowest BCUT2D eigenvalue weighted by Crippen LogP contribution is -2.41. The number of nitrogens with one attached hydrogen (secondary N) is 1. The lowest BCUT2D eigenvalue weighted by atomic mass is 9.96. The zero-order valence-electron chi connectivity index (χ0n) is 13.2. The molecule has 0 unspecified atom stereocenters. The van der Waals surface area contributed by atoms with Gasteiger partial charge in [0.05, 0.1) is 17.7 Å². The highest BCUT2D eigenvalue weighted by Gasteiger charge is 2.26. The van der Waals surface area contributed by atoms with Crippen LogP contribution in [0, 0.1) is 9.49 Å². The van der Waals surface area contributed by atoms with Gasteiger partial charge in [0.1, 0.15) is 5.75 Å². The second-order valence-corrected chi connectivity index (χ2v) is 7.21. The summed E-state index contributed by atoms with van der Waals surface area (Å²) in [7, 11) is 1.55. The van der Waals surface area contributed by atoms with Gasteiger partial charge >= 0.3 is 0 Å². The minimum absolute atomic E-state index is 0.0122. The Morgan fingerprint density at radius 1 is 1.39 bits per heavy atom. The molecule has 126 valence electrons. The molecule has 0 bridgehead atoms. The van der Waals surface area contributed by atoms with Crippen LogP contribution in [0.25, 0.3) is 0 Å².